The van der Waals surface area contributed by atoms with Crippen LogP contribution in [-0.2, 0) is 14.3 Å². The summed E-state index contributed by atoms with van der Waals surface area (Å²) in [5.74, 6) is -0.841. The van der Waals surface area contributed by atoms with Crippen LogP contribution in [0.1, 0.15) is 26.2 Å². The predicted octanol–water partition coefficient (Wildman–Crippen LogP) is 0.692. The number of ether oxygens (including phenoxy) is 1. The number of carboxylic acid groups (broad SMARTS) is 1. The number of amides is 2. The number of rotatable bonds is 5. The molecule has 7 nitrogen and oxygen atoms in total. The number of carbonyl (C=O) groups excluding carboxylic acids is 2. The largest absolute Gasteiger partial charge is 0.481 e. The maximum absolute atomic E-state index is 11.6. The van der Waals surface area contributed by atoms with Crippen molar-refractivity contribution in [3.8, 4) is 0 Å². The Morgan fingerprint density at radius 3 is 2.75 bits per heavy atom. The van der Waals surface area contributed by atoms with Gasteiger partial charge >= 0.3 is 12.1 Å². The highest BCUT2D eigenvalue weighted by molar-refractivity contribution is 5.92. The van der Waals surface area contributed by atoms with Gasteiger partial charge < -0.3 is 9.84 Å². The Balaban J connectivity index is 2.42. The number of hydrogen-bond donors (Lipinski definition) is 2. The lowest BCUT2D eigenvalue weighted by molar-refractivity contribution is -0.138. The van der Waals surface area contributed by atoms with Crippen LogP contribution in [0.15, 0.2) is 0 Å². The second kappa shape index (κ2) is 7.84. The van der Waals surface area contributed by atoms with Crippen molar-refractivity contribution in [1.82, 2.24) is 10.2 Å². The molecule has 1 saturated heterocycles. The predicted molar refractivity (Wildman–Crippen MR) is 71.1 cm³/mol. The normalized spacial score (nSPS) is 21.0. The van der Waals surface area contributed by atoms with Crippen LogP contribution in [0.5, 0.6) is 0 Å². The van der Waals surface area contributed by atoms with Crippen molar-refractivity contribution in [1.29, 1.82) is 0 Å². The number of hydrogen-bond acceptors (Lipinski definition) is 5. The molecule has 1 aliphatic heterocycles. The number of alkyl carbamates (subject to hydrolysis) is 1. The van der Waals surface area contributed by atoms with E-state index in [9.17, 15) is 14.4 Å². The van der Waals surface area contributed by atoms with Gasteiger partial charge in [0.2, 0.25) is 5.91 Å². The van der Waals surface area contributed by atoms with E-state index in [1.165, 1.54) is 7.11 Å². The van der Waals surface area contributed by atoms with Crippen molar-refractivity contribution in [2.24, 2.45) is 11.8 Å². The lowest BCUT2D eigenvalue weighted by Crippen LogP contribution is -2.45. The summed E-state index contributed by atoms with van der Waals surface area (Å²) in [6.07, 6.45) is 1.29. The van der Waals surface area contributed by atoms with Crippen molar-refractivity contribution in [3.63, 3.8) is 0 Å². The maximum atomic E-state index is 11.6. The highest BCUT2D eigenvalue weighted by Gasteiger charge is 2.27. The minimum atomic E-state index is -0.793. The van der Waals surface area contributed by atoms with Gasteiger partial charge in [-0.1, -0.05) is 6.92 Å². The Labute approximate surface area is 118 Å². The first-order valence-corrected chi connectivity index (χ1v) is 6.74. The third kappa shape index (κ3) is 5.56. The fraction of sp³-hybridized carbons (Fsp3) is 0.769. The third-order valence-corrected chi connectivity index (χ3v) is 3.64. The monoisotopic (exact) mass is 286 g/mol. The molecule has 0 aliphatic carbocycles. The quantitative estimate of drug-likeness (QED) is 0.772. The Morgan fingerprint density at radius 2 is 2.15 bits per heavy atom. The van der Waals surface area contributed by atoms with Gasteiger partial charge in [0.25, 0.3) is 0 Å². The second-order valence-electron chi connectivity index (χ2n) is 5.25. The van der Waals surface area contributed by atoms with Gasteiger partial charge in [0.15, 0.2) is 0 Å². The van der Waals surface area contributed by atoms with E-state index in [0.29, 0.717) is 6.54 Å². The zero-order valence-corrected chi connectivity index (χ0v) is 11.9. The third-order valence-electron chi connectivity index (χ3n) is 3.64. The standard InChI is InChI=1S/C13H22N2O5/c1-9(6-12(17)18)10-4-3-5-15(7-10)8-11(16)14-13(19)20-2/h9-10H,3-8H2,1-2H3,(H,17,18)(H,14,16,19). The van der Waals surface area contributed by atoms with Gasteiger partial charge in [0.1, 0.15) is 0 Å². The van der Waals surface area contributed by atoms with E-state index in [4.69, 9.17) is 5.11 Å². The van der Waals surface area contributed by atoms with E-state index in [1.54, 1.807) is 0 Å². The van der Waals surface area contributed by atoms with Gasteiger partial charge in [-0.2, -0.15) is 0 Å². The fourth-order valence-electron chi connectivity index (χ4n) is 2.55. The molecule has 0 aromatic carbocycles. The Morgan fingerprint density at radius 1 is 1.45 bits per heavy atom. The molecule has 2 amide bonds. The van der Waals surface area contributed by atoms with Crippen LogP contribution in [0.3, 0.4) is 0 Å². The maximum Gasteiger partial charge on any atom is 0.413 e. The molecule has 0 spiro atoms. The molecule has 2 atom stereocenters. The zero-order valence-electron chi connectivity index (χ0n) is 11.9. The van der Waals surface area contributed by atoms with Gasteiger partial charge in [-0.05, 0) is 31.2 Å². The van der Waals surface area contributed by atoms with Crippen molar-refractivity contribution in [2.75, 3.05) is 26.7 Å². The fourth-order valence-corrected chi connectivity index (χ4v) is 2.55. The highest BCUT2D eigenvalue weighted by atomic mass is 16.5. The van der Waals surface area contributed by atoms with E-state index in [1.807, 2.05) is 11.8 Å². The lowest BCUT2D eigenvalue weighted by Gasteiger charge is -2.34. The molecule has 7 heteroatoms. The van der Waals surface area contributed by atoms with Crippen LogP contribution >= 0.6 is 0 Å². The molecule has 1 aliphatic rings. The topological polar surface area (TPSA) is 95.9 Å². The molecule has 114 valence electrons. The number of aliphatic carboxylic acids is 1. The van der Waals surface area contributed by atoms with Crippen molar-refractivity contribution in [3.05, 3.63) is 0 Å². The SMILES string of the molecule is COC(=O)NC(=O)CN1CCCC(C(C)CC(=O)O)C1. The summed E-state index contributed by atoms with van der Waals surface area (Å²) in [4.78, 5) is 35.2. The van der Waals surface area contributed by atoms with Gasteiger partial charge in [0.05, 0.1) is 13.7 Å². The Kier molecular flexibility index (Phi) is 6.44. The van der Waals surface area contributed by atoms with Crippen LogP contribution < -0.4 is 5.32 Å². The minimum Gasteiger partial charge on any atom is -0.481 e. The first-order valence-electron chi connectivity index (χ1n) is 6.74. The molecule has 0 aromatic rings. The van der Waals surface area contributed by atoms with Gasteiger partial charge in [-0.25, -0.2) is 4.79 Å². The number of carboxylic acids is 1. The molecule has 0 saturated carbocycles. The van der Waals surface area contributed by atoms with Crippen molar-refractivity contribution >= 4 is 18.0 Å². The summed E-state index contributed by atoms with van der Waals surface area (Å²) in [5, 5.41) is 10.9. The number of nitrogens with one attached hydrogen (secondary N) is 1. The molecule has 0 aromatic heterocycles. The molecule has 20 heavy (non-hydrogen) atoms. The van der Waals surface area contributed by atoms with Crippen molar-refractivity contribution < 1.29 is 24.2 Å². The van der Waals surface area contributed by atoms with E-state index < -0.39 is 18.0 Å². The molecule has 0 radical (unpaired) electrons. The molecule has 0 bridgehead atoms. The van der Waals surface area contributed by atoms with E-state index >= 15 is 0 Å². The summed E-state index contributed by atoms with van der Waals surface area (Å²) in [7, 11) is 1.20. The van der Waals surface area contributed by atoms with E-state index in [-0.39, 0.29) is 24.8 Å². The summed E-state index contributed by atoms with van der Waals surface area (Å²) in [5.41, 5.74) is 0. The summed E-state index contributed by atoms with van der Waals surface area (Å²) < 4.78 is 4.36. The van der Waals surface area contributed by atoms with Gasteiger partial charge in [-0.15, -0.1) is 0 Å². The highest BCUT2D eigenvalue weighted by Crippen LogP contribution is 2.25. The summed E-state index contributed by atoms with van der Waals surface area (Å²) in [6, 6.07) is 0. The molecule has 1 fully saturated rings. The average molecular weight is 286 g/mol. The van der Waals surface area contributed by atoms with Crippen molar-refractivity contribution in [2.45, 2.75) is 26.2 Å². The first kappa shape index (κ1) is 16.4. The van der Waals surface area contributed by atoms with Crippen LogP contribution in [0.25, 0.3) is 0 Å². The van der Waals surface area contributed by atoms with E-state index in [0.717, 1.165) is 19.4 Å². The number of likely N-dealkylation sites (tertiary alicyclic amines) is 1. The van der Waals surface area contributed by atoms with E-state index in [2.05, 4.69) is 10.1 Å². The molecular weight excluding hydrogens is 264 g/mol. The molecule has 2 unspecified atom stereocenters. The van der Waals surface area contributed by atoms with Crippen LogP contribution in [0.4, 0.5) is 4.79 Å². The zero-order chi connectivity index (χ0) is 15.1. The van der Waals surface area contributed by atoms with Crippen LogP contribution in [0, 0.1) is 11.8 Å². The molecular formula is C13H22N2O5. The summed E-state index contributed by atoms with van der Waals surface area (Å²) >= 11 is 0. The van der Waals surface area contributed by atoms with Crippen LogP contribution in [-0.4, -0.2) is 54.7 Å². The molecule has 1 rings (SSSR count). The molecule has 2 N–H and O–H groups in total. The van der Waals surface area contributed by atoms with Gasteiger partial charge in [0, 0.05) is 13.0 Å². The lowest BCUT2D eigenvalue weighted by atomic mass is 9.84. The number of carbonyl (C=O) groups is 3. The Hall–Kier alpha value is -1.63. The summed E-state index contributed by atoms with van der Waals surface area (Å²) in [6.45, 7) is 3.52. The average Bonchev–Trinajstić information content (AvgIpc) is 2.37. The first-order chi connectivity index (χ1) is 9.42. The number of methoxy groups -OCH3 is 1. The Bertz CT molecular complexity index is 372. The minimum absolute atomic E-state index is 0.0824. The number of piperidine rings is 1. The number of imide groups is 1. The van der Waals surface area contributed by atoms with Crippen LogP contribution in [0.2, 0.25) is 0 Å². The second-order valence-corrected chi connectivity index (χ2v) is 5.25. The smallest absolute Gasteiger partial charge is 0.413 e. The molecule has 1 heterocycles. The van der Waals surface area contributed by atoms with Gasteiger partial charge in [-0.3, -0.25) is 19.8 Å². The number of nitrogens with zero attached hydrogens (tertiary/aromatic N) is 1.